The van der Waals surface area contributed by atoms with E-state index in [0.717, 1.165) is 5.69 Å². The summed E-state index contributed by atoms with van der Waals surface area (Å²) in [6.45, 7) is 7.91. The number of nitrogens with zero attached hydrogens (tertiary/aromatic N) is 4. The third-order valence-electron chi connectivity index (χ3n) is 3.17. The highest BCUT2D eigenvalue weighted by atomic mass is 35.7. The lowest BCUT2D eigenvalue weighted by molar-refractivity contribution is 0.542. The van der Waals surface area contributed by atoms with Gasteiger partial charge in [-0.25, -0.2) is 13.4 Å². The van der Waals surface area contributed by atoms with Crippen LogP contribution in [0, 0.1) is 13.8 Å². The Labute approximate surface area is 122 Å². The van der Waals surface area contributed by atoms with Gasteiger partial charge >= 0.3 is 0 Å². The molecule has 0 saturated carbocycles. The van der Waals surface area contributed by atoms with Crippen molar-refractivity contribution in [3.63, 3.8) is 0 Å². The average molecular weight is 317 g/mol. The molecule has 0 bridgehead atoms. The third kappa shape index (κ3) is 2.73. The molecular weight excluding hydrogens is 300 g/mol. The van der Waals surface area contributed by atoms with Crippen LogP contribution in [0.5, 0.6) is 0 Å². The molecule has 6 nitrogen and oxygen atoms in total. The highest BCUT2D eigenvalue weighted by molar-refractivity contribution is 8.13. The van der Waals surface area contributed by atoms with Gasteiger partial charge in [-0.2, -0.15) is 5.10 Å². The lowest BCUT2D eigenvalue weighted by atomic mass is 10.3. The Morgan fingerprint density at radius 2 is 2.00 bits per heavy atom. The first-order valence-corrected chi connectivity index (χ1v) is 8.52. The van der Waals surface area contributed by atoms with Crippen molar-refractivity contribution in [3.05, 3.63) is 29.6 Å². The lowest BCUT2D eigenvalue weighted by Gasteiger charge is -2.12. The van der Waals surface area contributed by atoms with Gasteiger partial charge in [0, 0.05) is 16.7 Å². The van der Waals surface area contributed by atoms with Crippen molar-refractivity contribution in [2.45, 2.75) is 45.2 Å². The second kappa shape index (κ2) is 5.21. The normalized spacial score (nSPS) is 12.3. The van der Waals surface area contributed by atoms with E-state index < -0.39 is 9.05 Å². The van der Waals surface area contributed by atoms with Crippen LogP contribution in [0.3, 0.4) is 0 Å². The maximum atomic E-state index is 11.6. The minimum Gasteiger partial charge on any atom is -0.330 e. The number of hydrogen-bond acceptors (Lipinski definition) is 4. The Balaban J connectivity index is 2.43. The second-order valence-corrected chi connectivity index (χ2v) is 7.48. The number of aromatic nitrogens is 4. The number of aryl methyl sites for hydroxylation is 1. The molecule has 0 aromatic carbocycles. The summed E-state index contributed by atoms with van der Waals surface area (Å²) in [7, 11) is 1.67. The Morgan fingerprint density at radius 3 is 2.50 bits per heavy atom. The summed E-state index contributed by atoms with van der Waals surface area (Å²) < 4.78 is 26.8. The standard InChI is InChI=1S/C12H17ClN4O2S/c1-8(2)16-7-14-5-11(16)6-17-10(4)12(9(3)15-17)20(13,18)19/h5,7-8H,6H2,1-4H3. The fraction of sp³-hybridized carbons (Fsp3) is 0.500. The predicted octanol–water partition coefficient (Wildman–Crippen LogP) is 2.25. The number of halogens is 1. The van der Waals surface area contributed by atoms with Crippen molar-refractivity contribution in [1.82, 2.24) is 19.3 Å². The fourth-order valence-electron chi connectivity index (χ4n) is 2.26. The molecule has 8 heteroatoms. The summed E-state index contributed by atoms with van der Waals surface area (Å²) in [5.74, 6) is 0. The molecule has 2 rings (SSSR count). The van der Waals surface area contributed by atoms with Crippen LogP contribution < -0.4 is 0 Å². The molecule has 2 heterocycles. The number of imidazole rings is 1. The average Bonchev–Trinajstić information content (AvgIpc) is 2.84. The first-order chi connectivity index (χ1) is 9.21. The number of hydrogen-bond donors (Lipinski definition) is 0. The zero-order valence-corrected chi connectivity index (χ0v) is 13.4. The molecule has 0 unspecified atom stereocenters. The molecule has 0 saturated heterocycles. The molecule has 0 fully saturated rings. The SMILES string of the molecule is Cc1nn(Cc2cncn2C(C)C)c(C)c1S(=O)(=O)Cl. The summed E-state index contributed by atoms with van der Waals surface area (Å²) in [6.07, 6.45) is 3.51. The van der Waals surface area contributed by atoms with Crippen molar-refractivity contribution in [2.75, 3.05) is 0 Å². The van der Waals surface area contributed by atoms with Gasteiger partial charge in [-0.05, 0) is 27.7 Å². The Bertz CT molecular complexity index is 731. The topological polar surface area (TPSA) is 69.8 Å². The zero-order chi connectivity index (χ0) is 15.1. The quantitative estimate of drug-likeness (QED) is 0.811. The molecule has 110 valence electrons. The molecule has 0 radical (unpaired) electrons. The lowest BCUT2D eigenvalue weighted by Crippen LogP contribution is -2.11. The van der Waals surface area contributed by atoms with Crippen LogP contribution in [-0.2, 0) is 15.6 Å². The molecule has 0 aliphatic carbocycles. The van der Waals surface area contributed by atoms with E-state index in [9.17, 15) is 8.42 Å². The Kier molecular flexibility index (Phi) is 3.93. The molecule has 2 aromatic heterocycles. The highest BCUT2D eigenvalue weighted by Gasteiger charge is 2.23. The molecule has 20 heavy (non-hydrogen) atoms. The maximum Gasteiger partial charge on any atom is 0.264 e. The molecule has 0 aliphatic rings. The van der Waals surface area contributed by atoms with Gasteiger partial charge in [-0.3, -0.25) is 4.68 Å². The van der Waals surface area contributed by atoms with Crippen molar-refractivity contribution >= 4 is 19.7 Å². The largest absolute Gasteiger partial charge is 0.330 e. The van der Waals surface area contributed by atoms with E-state index >= 15 is 0 Å². The first-order valence-electron chi connectivity index (χ1n) is 6.21. The van der Waals surface area contributed by atoms with Crippen LogP contribution in [-0.4, -0.2) is 27.7 Å². The third-order valence-corrected chi connectivity index (χ3v) is 4.71. The number of rotatable bonds is 4. The van der Waals surface area contributed by atoms with E-state index in [-0.39, 0.29) is 10.9 Å². The van der Waals surface area contributed by atoms with Gasteiger partial charge in [0.2, 0.25) is 0 Å². The van der Waals surface area contributed by atoms with Gasteiger partial charge in [0.1, 0.15) is 4.90 Å². The second-order valence-electron chi connectivity index (χ2n) is 4.98. The van der Waals surface area contributed by atoms with E-state index in [4.69, 9.17) is 10.7 Å². The molecule has 0 aliphatic heterocycles. The van der Waals surface area contributed by atoms with Gasteiger partial charge in [0.25, 0.3) is 9.05 Å². The molecular formula is C12H17ClN4O2S. The van der Waals surface area contributed by atoms with Gasteiger partial charge in [0.15, 0.2) is 0 Å². The van der Waals surface area contributed by atoms with E-state index in [1.807, 2.05) is 4.57 Å². The van der Waals surface area contributed by atoms with Crippen molar-refractivity contribution in [2.24, 2.45) is 0 Å². The monoisotopic (exact) mass is 316 g/mol. The summed E-state index contributed by atoms with van der Waals surface area (Å²) in [4.78, 5) is 4.22. The molecule has 0 atom stereocenters. The van der Waals surface area contributed by atoms with E-state index in [1.165, 1.54) is 0 Å². The van der Waals surface area contributed by atoms with Gasteiger partial charge in [-0.1, -0.05) is 0 Å². The zero-order valence-electron chi connectivity index (χ0n) is 11.8. The van der Waals surface area contributed by atoms with Crippen LogP contribution in [0.25, 0.3) is 0 Å². The van der Waals surface area contributed by atoms with Crippen molar-refractivity contribution in [3.8, 4) is 0 Å². The highest BCUT2D eigenvalue weighted by Crippen LogP contribution is 2.24. The molecule has 0 N–H and O–H groups in total. The van der Waals surface area contributed by atoms with E-state index in [1.54, 1.807) is 31.1 Å². The van der Waals surface area contributed by atoms with Crippen LogP contribution in [0.4, 0.5) is 0 Å². The summed E-state index contributed by atoms with van der Waals surface area (Å²) >= 11 is 0. The maximum absolute atomic E-state index is 11.6. The summed E-state index contributed by atoms with van der Waals surface area (Å²) in [6, 6.07) is 0.278. The first kappa shape index (κ1) is 15.1. The minimum absolute atomic E-state index is 0.0924. The van der Waals surface area contributed by atoms with Crippen LogP contribution >= 0.6 is 10.7 Å². The Hall–Kier alpha value is -1.34. The van der Waals surface area contributed by atoms with Gasteiger partial charge in [-0.15, -0.1) is 0 Å². The minimum atomic E-state index is -3.78. The van der Waals surface area contributed by atoms with Crippen molar-refractivity contribution < 1.29 is 8.42 Å². The summed E-state index contributed by atoms with van der Waals surface area (Å²) in [5, 5.41) is 4.26. The Morgan fingerprint density at radius 1 is 1.35 bits per heavy atom. The molecule has 2 aromatic rings. The van der Waals surface area contributed by atoms with Crippen molar-refractivity contribution in [1.29, 1.82) is 0 Å². The fourth-order valence-corrected chi connectivity index (χ4v) is 3.78. The van der Waals surface area contributed by atoms with Crippen LogP contribution in [0.2, 0.25) is 0 Å². The molecule has 0 amide bonds. The van der Waals surface area contributed by atoms with Crippen LogP contribution in [0.1, 0.15) is 37.0 Å². The van der Waals surface area contributed by atoms with E-state index in [2.05, 4.69) is 23.9 Å². The smallest absolute Gasteiger partial charge is 0.264 e. The summed E-state index contributed by atoms with van der Waals surface area (Å²) in [5.41, 5.74) is 1.91. The van der Waals surface area contributed by atoms with E-state index in [0.29, 0.717) is 17.9 Å². The van der Waals surface area contributed by atoms with Crippen LogP contribution in [0.15, 0.2) is 17.4 Å². The van der Waals surface area contributed by atoms with Gasteiger partial charge < -0.3 is 4.57 Å². The predicted molar refractivity (Wildman–Crippen MR) is 76.5 cm³/mol. The molecule has 0 spiro atoms. The van der Waals surface area contributed by atoms with Gasteiger partial charge in [0.05, 0.1) is 36.2 Å².